The number of nitro benzene ring substituents is 1. The summed E-state index contributed by atoms with van der Waals surface area (Å²) in [5.74, 6) is -0.154. The number of amides is 1. The lowest BCUT2D eigenvalue weighted by Gasteiger charge is -2.23. The van der Waals surface area contributed by atoms with Crippen molar-refractivity contribution in [2.24, 2.45) is 0 Å². The van der Waals surface area contributed by atoms with Crippen molar-refractivity contribution < 1.29 is 9.72 Å². The first kappa shape index (κ1) is 17.7. The van der Waals surface area contributed by atoms with Crippen molar-refractivity contribution in [3.63, 3.8) is 0 Å². The van der Waals surface area contributed by atoms with Crippen LogP contribution in [0.5, 0.6) is 0 Å². The fraction of sp³-hybridized carbons (Fsp3) is 0.474. The number of carbonyl (C=O) groups excluding carboxylic acids is 1. The van der Waals surface area contributed by atoms with Gasteiger partial charge in [0.25, 0.3) is 11.6 Å². The number of hydrogen-bond donors (Lipinski definition) is 1. The maximum absolute atomic E-state index is 13.1. The van der Waals surface area contributed by atoms with Crippen LogP contribution in [0.3, 0.4) is 0 Å². The molecule has 8 nitrogen and oxygen atoms in total. The molecule has 2 heterocycles. The van der Waals surface area contributed by atoms with E-state index in [1.165, 1.54) is 6.07 Å². The van der Waals surface area contributed by atoms with E-state index < -0.39 is 4.92 Å². The summed E-state index contributed by atoms with van der Waals surface area (Å²) < 4.78 is 1.87. The summed E-state index contributed by atoms with van der Waals surface area (Å²) in [5.41, 5.74) is 1.01. The number of rotatable bonds is 6. The van der Waals surface area contributed by atoms with Gasteiger partial charge in [-0.05, 0) is 38.3 Å². The Morgan fingerprint density at radius 1 is 1.30 bits per heavy atom. The molecule has 0 bridgehead atoms. The minimum atomic E-state index is -0.393. The molecule has 1 amide bonds. The first-order chi connectivity index (χ1) is 13.1. The van der Waals surface area contributed by atoms with Crippen LogP contribution in [0.25, 0.3) is 0 Å². The van der Waals surface area contributed by atoms with Gasteiger partial charge in [-0.1, -0.05) is 18.2 Å². The summed E-state index contributed by atoms with van der Waals surface area (Å²) in [4.78, 5) is 25.7. The molecule has 2 aliphatic rings. The monoisotopic (exact) mass is 369 g/mol. The topological polar surface area (TPSA) is 93.3 Å². The Morgan fingerprint density at radius 2 is 2.11 bits per heavy atom. The molecule has 1 atom stereocenters. The Kier molecular flexibility index (Phi) is 4.89. The van der Waals surface area contributed by atoms with E-state index in [1.54, 1.807) is 29.2 Å². The van der Waals surface area contributed by atoms with Crippen molar-refractivity contribution in [3.8, 4) is 0 Å². The van der Waals surface area contributed by atoms with Crippen LogP contribution in [0.4, 0.5) is 5.69 Å². The third-order valence-electron chi connectivity index (χ3n) is 5.25. The third kappa shape index (κ3) is 3.85. The van der Waals surface area contributed by atoms with E-state index in [0.717, 1.165) is 38.8 Å². The van der Waals surface area contributed by atoms with Gasteiger partial charge in [-0.3, -0.25) is 19.6 Å². The number of benzene rings is 1. The highest BCUT2D eigenvalue weighted by molar-refractivity contribution is 5.92. The second kappa shape index (κ2) is 7.48. The molecule has 142 valence electrons. The Labute approximate surface area is 157 Å². The van der Waals surface area contributed by atoms with Crippen LogP contribution in [0, 0.1) is 10.1 Å². The number of hydrogen-bond acceptors (Lipinski definition) is 5. The predicted molar refractivity (Wildman–Crippen MR) is 99.4 cm³/mol. The zero-order valence-electron chi connectivity index (χ0n) is 15.1. The largest absolute Gasteiger partial charge is 0.330 e. The van der Waals surface area contributed by atoms with Crippen molar-refractivity contribution >= 4 is 11.6 Å². The summed E-state index contributed by atoms with van der Waals surface area (Å²) in [7, 11) is 0. The van der Waals surface area contributed by atoms with Gasteiger partial charge in [-0.15, -0.1) is 0 Å². The zero-order valence-corrected chi connectivity index (χ0v) is 15.1. The highest BCUT2D eigenvalue weighted by atomic mass is 16.6. The normalized spacial score (nSPS) is 19.6. The van der Waals surface area contributed by atoms with Gasteiger partial charge >= 0.3 is 0 Å². The molecule has 2 aromatic rings. The van der Waals surface area contributed by atoms with Crippen molar-refractivity contribution in [1.29, 1.82) is 0 Å². The molecule has 1 saturated heterocycles. The molecule has 2 fully saturated rings. The molecule has 1 aromatic heterocycles. The van der Waals surface area contributed by atoms with Crippen LogP contribution in [-0.2, 0) is 6.54 Å². The van der Waals surface area contributed by atoms with Gasteiger partial charge in [0, 0.05) is 30.4 Å². The lowest BCUT2D eigenvalue weighted by Crippen LogP contribution is -2.34. The smallest absolute Gasteiger partial charge is 0.274 e. The van der Waals surface area contributed by atoms with Crippen LogP contribution in [0.2, 0.25) is 0 Å². The Bertz CT molecular complexity index is 839. The molecule has 1 unspecified atom stereocenters. The van der Waals surface area contributed by atoms with Crippen LogP contribution >= 0.6 is 0 Å². The average molecular weight is 369 g/mol. The van der Waals surface area contributed by atoms with E-state index in [0.29, 0.717) is 11.3 Å². The molecule has 1 aromatic carbocycles. The summed E-state index contributed by atoms with van der Waals surface area (Å²) >= 11 is 0. The lowest BCUT2D eigenvalue weighted by molar-refractivity contribution is -0.385. The molecule has 1 N–H and O–H groups in total. The molecule has 27 heavy (non-hydrogen) atoms. The SMILES string of the molecule is O=C(c1ccn(C2CCCNC2)n1)N(Cc1ccccc1[N+](=O)[O-])C1CC1. The fourth-order valence-electron chi connectivity index (χ4n) is 3.62. The Morgan fingerprint density at radius 3 is 2.81 bits per heavy atom. The van der Waals surface area contributed by atoms with E-state index >= 15 is 0 Å². The molecule has 0 spiro atoms. The van der Waals surface area contributed by atoms with Crippen molar-refractivity contribution in [3.05, 3.63) is 57.9 Å². The van der Waals surface area contributed by atoms with Gasteiger partial charge in [-0.2, -0.15) is 5.10 Å². The molecular weight excluding hydrogens is 346 g/mol. The number of nitro groups is 1. The van der Waals surface area contributed by atoms with Crippen LogP contribution in [0.1, 0.15) is 47.8 Å². The van der Waals surface area contributed by atoms with Gasteiger partial charge in [-0.25, -0.2) is 0 Å². The zero-order chi connectivity index (χ0) is 18.8. The fourth-order valence-corrected chi connectivity index (χ4v) is 3.62. The van der Waals surface area contributed by atoms with Crippen LogP contribution in [-0.4, -0.2) is 44.6 Å². The number of nitrogens with zero attached hydrogens (tertiary/aromatic N) is 4. The molecular formula is C19H23N5O3. The first-order valence-electron chi connectivity index (χ1n) is 9.42. The summed E-state index contributed by atoms with van der Waals surface area (Å²) in [6.07, 6.45) is 5.87. The molecule has 0 radical (unpaired) electrons. The predicted octanol–water partition coefficient (Wildman–Crippen LogP) is 2.52. The Hall–Kier alpha value is -2.74. The minimum Gasteiger partial charge on any atom is -0.330 e. The number of carbonyl (C=O) groups is 1. The van der Waals surface area contributed by atoms with Gasteiger partial charge in [0.2, 0.25) is 0 Å². The molecule has 8 heteroatoms. The quantitative estimate of drug-likeness (QED) is 0.624. The van der Waals surface area contributed by atoms with Gasteiger partial charge in [0.05, 0.1) is 17.5 Å². The van der Waals surface area contributed by atoms with Crippen LogP contribution < -0.4 is 5.32 Å². The van der Waals surface area contributed by atoms with Crippen molar-refractivity contribution in [2.45, 2.75) is 44.3 Å². The number of aromatic nitrogens is 2. The van der Waals surface area contributed by atoms with Gasteiger partial charge in [0.15, 0.2) is 0 Å². The van der Waals surface area contributed by atoms with E-state index in [4.69, 9.17) is 0 Å². The third-order valence-corrected chi connectivity index (χ3v) is 5.25. The van der Waals surface area contributed by atoms with E-state index in [9.17, 15) is 14.9 Å². The maximum Gasteiger partial charge on any atom is 0.274 e. The second-order valence-electron chi connectivity index (χ2n) is 7.23. The average Bonchev–Trinajstić information content (AvgIpc) is 3.41. The second-order valence-corrected chi connectivity index (χ2v) is 7.23. The molecule has 4 rings (SSSR count). The summed E-state index contributed by atoms with van der Waals surface area (Å²) in [5, 5.41) is 19.2. The number of para-hydroxylation sites is 1. The van der Waals surface area contributed by atoms with E-state index in [2.05, 4.69) is 10.4 Å². The molecule has 1 aliphatic carbocycles. The van der Waals surface area contributed by atoms with E-state index in [-0.39, 0.29) is 30.2 Å². The standard InChI is InChI=1S/C19H23N5O3/c25-19(17-9-11-23(21-17)16-5-3-10-20-12-16)22(15-7-8-15)13-14-4-1-2-6-18(14)24(26)27/h1-2,4,6,9,11,15-16,20H,3,5,7-8,10,12-13H2. The number of piperidine rings is 1. The molecule has 1 aliphatic heterocycles. The maximum atomic E-state index is 13.1. The van der Waals surface area contributed by atoms with Crippen molar-refractivity contribution in [1.82, 2.24) is 20.0 Å². The highest BCUT2D eigenvalue weighted by Crippen LogP contribution is 2.31. The highest BCUT2D eigenvalue weighted by Gasteiger charge is 2.35. The Balaban J connectivity index is 1.54. The van der Waals surface area contributed by atoms with Crippen LogP contribution in [0.15, 0.2) is 36.5 Å². The number of nitrogens with one attached hydrogen (secondary N) is 1. The lowest BCUT2D eigenvalue weighted by atomic mass is 10.1. The summed E-state index contributed by atoms with van der Waals surface area (Å²) in [6.45, 7) is 2.12. The van der Waals surface area contributed by atoms with Crippen molar-refractivity contribution in [2.75, 3.05) is 13.1 Å². The van der Waals surface area contributed by atoms with E-state index in [1.807, 2.05) is 10.9 Å². The van der Waals surface area contributed by atoms with Gasteiger partial charge in [0.1, 0.15) is 5.69 Å². The summed E-state index contributed by atoms with van der Waals surface area (Å²) in [6, 6.07) is 8.77. The minimum absolute atomic E-state index is 0.0507. The first-order valence-corrected chi connectivity index (χ1v) is 9.42. The van der Waals surface area contributed by atoms with Gasteiger partial charge < -0.3 is 10.2 Å². The molecule has 1 saturated carbocycles.